The van der Waals surface area contributed by atoms with E-state index in [2.05, 4.69) is 18.8 Å². The fourth-order valence-electron chi connectivity index (χ4n) is 2.05. The van der Waals surface area contributed by atoms with Gasteiger partial charge < -0.3 is 10.0 Å². The summed E-state index contributed by atoms with van der Waals surface area (Å²) in [7, 11) is 0. The largest absolute Gasteiger partial charge is 0.395 e. The lowest BCUT2D eigenvalue weighted by Gasteiger charge is -2.31. The van der Waals surface area contributed by atoms with Crippen molar-refractivity contribution < 1.29 is 9.90 Å². The van der Waals surface area contributed by atoms with Crippen LogP contribution < -0.4 is 0 Å². The van der Waals surface area contributed by atoms with Crippen molar-refractivity contribution in [3.8, 4) is 11.8 Å². The Morgan fingerprint density at radius 2 is 2.45 bits per heavy atom. The van der Waals surface area contributed by atoms with E-state index in [0.29, 0.717) is 11.7 Å². The van der Waals surface area contributed by atoms with Gasteiger partial charge in [-0.2, -0.15) is 11.8 Å². The maximum atomic E-state index is 12.4. The number of amides is 1. The van der Waals surface area contributed by atoms with Gasteiger partial charge in [-0.05, 0) is 12.5 Å². The van der Waals surface area contributed by atoms with E-state index in [1.807, 2.05) is 28.1 Å². The minimum Gasteiger partial charge on any atom is -0.395 e. The molecule has 0 aromatic carbocycles. The highest BCUT2D eigenvalue weighted by Crippen LogP contribution is 2.23. The van der Waals surface area contributed by atoms with Crippen LogP contribution in [0.5, 0.6) is 0 Å². The Balaban J connectivity index is 2.01. The smallest absolute Gasteiger partial charge is 0.254 e. The highest BCUT2D eigenvalue weighted by atomic mass is 32.2. The minimum absolute atomic E-state index is 0.0774. The summed E-state index contributed by atoms with van der Waals surface area (Å²) in [6.07, 6.45) is 1.58. The molecular formula is C15H19NO2S2. The number of aliphatic hydroxyl groups is 1. The van der Waals surface area contributed by atoms with Gasteiger partial charge in [0.2, 0.25) is 0 Å². The molecule has 1 N–H and O–H groups in total. The molecule has 1 fully saturated rings. The molecule has 1 aromatic rings. The summed E-state index contributed by atoms with van der Waals surface area (Å²) in [6, 6.07) is 1.86. The first-order chi connectivity index (χ1) is 9.74. The van der Waals surface area contributed by atoms with Crippen molar-refractivity contribution in [3.05, 3.63) is 21.9 Å². The topological polar surface area (TPSA) is 40.5 Å². The number of hydrogen-bond acceptors (Lipinski definition) is 4. The van der Waals surface area contributed by atoms with Crippen molar-refractivity contribution in [2.45, 2.75) is 25.0 Å². The van der Waals surface area contributed by atoms with Gasteiger partial charge in [-0.3, -0.25) is 4.79 Å². The van der Waals surface area contributed by atoms with E-state index < -0.39 is 0 Å². The van der Waals surface area contributed by atoms with Crippen molar-refractivity contribution in [3.63, 3.8) is 0 Å². The summed E-state index contributed by atoms with van der Waals surface area (Å²) in [5.74, 6) is 7.00. The first kappa shape index (κ1) is 15.4. The molecular weight excluding hydrogens is 290 g/mol. The van der Waals surface area contributed by atoms with E-state index in [0.717, 1.165) is 35.7 Å². The quantitative estimate of drug-likeness (QED) is 0.872. The molecule has 3 nitrogen and oxygen atoms in total. The number of carbonyl (C=O) groups excluding carboxylic acids is 1. The van der Waals surface area contributed by atoms with Crippen LogP contribution in [0.4, 0.5) is 0 Å². The maximum Gasteiger partial charge on any atom is 0.254 e. The number of rotatable bonds is 3. The molecule has 0 spiro atoms. The first-order valence-corrected chi connectivity index (χ1v) is 8.76. The normalized spacial score (nSPS) is 18.5. The summed E-state index contributed by atoms with van der Waals surface area (Å²) in [5.41, 5.74) is 0.741. The second-order valence-electron chi connectivity index (χ2n) is 4.63. The van der Waals surface area contributed by atoms with Gasteiger partial charge >= 0.3 is 0 Å². The van der Waals surface area contributed by atoms with Crippen LogP contribution in [0.3, 0.4) is 0 Å². The number of nitrogens with zero attached hydrogens (tertiary/aromatic N) is 1. The Hall–Kier alpha value is -0.960. The minimum atomic E-state index is 0.0774. The SMILES string of the molecule is CCC1CN(C(=O)c2csc(C#CCCO)c2)CCS1. The van der Waals surface area contributed by atoms with Gasteiger partial charge in [-0.25, -0.2) is 0 Å². The molecule has 20 heavy (non-hydrogen) atoms. The van der Waals surface area contributed by atoms with E-state index >= 15 is 0 Å². The average Bonchev–Trinajstić information content (AvgIpc) is 2.95. The summed E-state index contributed by atoms with van der Waals surface area (Å²) >= 11 is 3.45. The molecule has 1 aliphatic heterocycles. The number of thiophene rings is 1. The highest BCUT2D eigenvalue weighted by molar-refractivity contribution is 8.00. The van der Waals surface area contributed by atoms with Crippen molar-refractivity contribution in [1.82, 2.24) is 4.90 Å². The zero-order chi connectivity index (χ0) is 14.4. The van der Waals surface area contributed by atoms with Gasteiger partial charge in [-0.1, -0.05) is 18.8 Å². The molecule has 0 bridgehead atoms. The molecule has 0 saturated carbocycles. The second kappa shape index (κ2) is 7.72. The van der Waals surface area contributed by atoms with E-state index in [1.54, 1.807) is 0 Å². The molecule has 1 saturated heterocycles. The number of thioether (sulfide) groups is 1. The summed E-state index contributed by atoms with van der Waals surface area (Å²) in [4.78, 5) is 15.3. The van der Waals surface area contributed by atoms with Crippen LogP contribution >= 0.6 is 23.1 Å². The van der Waals surface area contributed by atoms with Gasteiger partial charge in [0.15, 0.2) is 0 Å². The van der Waals surface area contributed by atoms with Crippen molar-refractivity contribution in [2.75, 3.05) is 25.4 Å². The molecule has 108 valence electrons. The Bertz CT molecular complexity index is 515. The Morgan fingerprint density at radius 1 is 1.60 bits per heavy atom. The molecule has 1 atom stereocenters. The van der Waals surface area contributed by atoms with Crippen molar-refractivity contribution >= 4 is 29.0 Å². The molecule has 1 unspecified atom stereocenters. The molecule has 2 rings (SSSR count). The zero-order valence-electron chi connectivity index (χ0n) is 11.6. The predicted molar refractivity (Wildman–Crippen MR) is 85.3 cm³/mol. The van der Waals surface area contributed by atoms with Crippen LogP contribution in [0.1, 0.15) is 35.0 Å². The number of aliphatic hydroxyl groups excluding tert-OH is 1. The predicted octanol–water partition coefficient (Wildman–Crippen LogP) is 2.45. The van der Waals surface area contributed by atoms with Gasteiger partial charge in [0, 0.05) is 35.9 Å². The van der Waals surface area contributed by atoms with Crippen molar-refractivity contribution in [1.29, 1.82) is 0 Å². The third-order valence-corrected chi connectivity index (χ3v) is 5.39. The standard InChI is InChI=1S/C15H19NO2S2/c1-2-13-10-16(6-8-19-13)15(18)12-9-14(20-11-12)5-3-4-7-17/h9,11,13,17H,2,4,6-8,10H2,1H3. The van der Waals surface area contributed by atoms with Crippen LogP contribution in [0.2, 0.25) is 0 Å². The molecule has 0 aliphatic carbocycles. The van der Waals surface area contributed by atoms with E-state index in [4.69, 9.17) is 5.11 Å². The molecule has 2 heterocycles. The monoisotopic (exact) mass is 309 g/mol. The third kappa shape index (κ3) is 4.02. The number of carbonyl (C=O) groups is 1. The first-order valence-electron chi connectivity index (χ1n) is 6.83. The van der Waals surface area contributed by atoms with E-state index in [1.165, 1.54) is 11.3 Å². The average molecular weight is 309 g/mol. The Labute approximate surface area is 128 Å². The van der Waals surface area contributed by atoms with Crippen molar-refractivity contribution in [2.24, 2.45) is 0 Å². The van der Waals surface area contributed by atoms with Crippen LogP contribution in [-0.2, 0) is 0 Å². The van der Waals surface area contributed by atoms with Gasteiger partial charge in [-0.15, -0.1) is 11.3 Å². The van der Waals surface area contributed by atoms with Crippen LogP contribution in [0.15, 0.2) is 11.4 Å². The second-order valence-corrected chi connectivity index (χ2v) is 6.95. The zero-order valence-corrected chi connectivity index (χ0v) is 13.2. The molecule has 1 aliphatic rings. The summed E-state index contributed by atoms with van der Waals surface area (Å²) in [5, 5.41) is 11.1. The lowest BCUT2D eigenvalue weighted by atomic mass is 10.2. The van der Waals surface area contributed by atoms with Gasteiger partial charge in [0.1, 0.15) is 0 Å². The fourth-order valence-corrected chi connectivity index (χ4v) is 3.98. The Kier molecular flexibility index (Phi) is 5.96. The third-order valence-electron chi connectivity index (χ3n) is 3.18. The molecule has 0 radical (unpaired) electrons. The number of hydrogen-bond donors (Lipinski definition) is 1. The lowest BCUT2D eigenvalue weighted by molar-refractivity contribution is 0.0761. The lowest BCUT2D eigenvalue weighted by Crippen LogP contribution is -2.41. The fraction of sp³-hybridized carbons (Fsp3) is 0.533. The van der Waals surface area contributed by atoms with E-state index in [9.17, 15) is 4.79 Å². The molecule has 5 heteroatoms. The molecule has 1 aromatic heterocycles. The van der Waals surface area contributed by atoms with Crippen LogP contribution in [0, 0.1) is 11.8 Å². The maximum absolute atomic E-state index is 12.4. The van der Waals surface area contributed by atoms with Gasteiger partial charge in [0.25, 0.3) is 5.91 Å². The highest BCUT2D eigenvalue weighted by Gasteiger charge is 2.24. The Morgan fingerprint density at radius 3 is 3.20 bits per heavy atom. The van der Waals surface area contributed by atoms with Crippen LogP contribution in [-0.4, -0.2) is 46.6 Å². The van der Waals surface area contributed by atoms with E-state index in [-0.39, 0.29) is 12.5 Å². The summed E-state index contributed by atoms with van der Waals surface area (Å²) < 4.78 is 0. The molecule has 1 amide bonds. The van der Waals surface area contributed by atoms with Crippen LogP contribution in [0.25, 0.3) is 0 Å². The van der Waals surface area contributed by atoms with Gasteiger partial charge in [0.05, 0.1) is 17.0 Å². The summed E-state index contributed by atoms with van der Waals surface area (Å²) in [6.45, 7) is 3.93.